The van der Waals surface area contributed by atoms with Crippen LogP contribution in [0.25, 0.3) is 0 Å². The maximum atomic E-state index is 13.0. The molecule has 0 aromatic carbocycles. The quantitative estimate of drug-likeness (QED) is 0.0196. The van der Waals surface area contributed by atoms with Crippen LogP contribution in [0.5, 0.6) is 0 Å². The van der Waals surface area contributed by atoms with Crippen LogP contribution in [0.2, 0.25) is 0 Å². The summed E-state index contributed by atoms with van der Waals surface area (Å²) in [4.78, 5) is 25.0. The third kappa shape index (κ3) is 34.6. The number of carbonyl (C=O) groups is 2. The van der Waals surface area contributed by atoms with Crippen molar-refractivity contribution in [2.75, 3.05) is 19.8 Å². The SMILES string of the molecule is CCCCCC/C=C/CC/C=C/CC/C=C/C(O)C(COC1OC(CO)C(O)C(O)C1O)NC(=O)CCCCCCC/C=C\CCCCCOC(=O)CCCCCCCCCCCCC. The summed E-state index contributed by atoms with van der Waals surface area (Å²) in [6, 6.07) is -0.853. The molecule has 1 amide bonds. The van der Waals surface area contributed by atoms with Crippen LogP contribution in [0.3, 0.4) is 0 Å². The molecule has 378 valence electrons. The zero-order chi connectivity index (χ0) is 47.4. The van der Waals surface area contributed by atoms with Gasteiger partial charge >= 0.3 is 5.97 Å². The maximum absolute atomic E-state index is 13.0. The number of allylic oxidation sites excluding steroid dienone is 7. The lowest BCUT2D eigenvalue weighted by molar-refractivity contribution is -0.302. The molecule has 7 unspecified atom stereocenters. The van der Waals surface area contributed by atoms with Crippen LogP contribution in [-0.2, 0) is 23.8 Å². The number of hydrogen-bond acceptors (Lipinski definition) is 10. The molecule has 0 radical (unpaired) electrons. The van der Waals surface area contributed by atoms with Gasteiger partial charge in [0.2, 0.25) is 5.91 Å². The number of ether oxygens (including phenoxy) is 3. The molecule has 65 heavy (non-hydrogen) atoms. The first-order chi connectivity index (χ1) is 31.7. The van der Waals surface area contributed by atoms with E-state index in [1.165, 1.54) is 83.5 Å². The van der Waals surface area contributed by atoms with Crippen molar-refractivity contribution in [2.24, 2.45) is 0 Å². The summed E-state index contributed by atoms with van der Waals surface area (Å²) >= 11 is 0. The fraction of sp³-hybridized carbons (Fsp3) is 0.815. The topological polar surface area (TPSA) is 175 Å². The molecule has 11 heteroatoms. The average molecular weight is 920 g/mol. The zero-order valence-electron chi connectivity index (χ0n) is 41.2. The third-order valence-corrected chi connectivity index (χ3v) is 12.1. The molecule has 1 aliphatic rings. The summed E-state index contributed by atoms with van der Waals surface area (Å²) in [5, 5.41) is 54.2. The lowest BCUT2D eigenvalue weighted by atomic mass is 9.99. The molecule has 7 atom stereocenters. The zero-order valence-corrected chi connectivity index (χ0v) is 41.2. The van der Waals surface area contributed by atoms with Crippen molar-refractivity contribution in [1.82, 2.24) is 5.32 Å². The van der Waals surface area contributed by atoms with Gasteiger partial charge in [-0.25, -0.2) is 0 Å². The maximum Gasteiger partial charge on any atom is 0.305 e. The molecule has 0 aromatic rings. The minimum Gasteiger partial charge on any atom is -0.466 e. The van der Waals surface area contributed by atoms with Crippen molar-refractivity contribution in [3.63, 3.8) is 0 Å². The number of aliphatic hydroxyl groups is 5. The van der Waals surface area contributed by atoms with Crippen molar-refractivity contribution >= 4 is 11.9 Å². The Kier molecular flexibility index (Phi) is 41.2. The van der Waals surface area contributed by atoms with E-state index in [9.17, 15) is 35.1 Å². The van der Waals surface area contributed by atoms with E-state index in [1.54, 1.807) is 6.08 Å². The molecule has 6 N–H and O–H groups in total. The fourth-order valence-electron chi connectivity index (χ4n) is 7.87. The largest absolute Gasteiger partial charge is 0.466 e. The molecule has 1 saturated heterocycles. The minimum atomic E-state index is -1.59. The highest BCUT2D eigenvalue weighted by atomic mass is 16.7. The van der Waals surface area contributed by atoms with E-state index in [0.29, 0.717) is 32.3 Å². The Morgan fingerprint density at radius 3 is 1.54 bits per heavy atom. The predicted octanol–water partition coefficient (Wildman–Crippen LogP) is 10.9. The molecular formula is C54H97NO10. The van der Waals surface area contributed by atoms with Gasteiger partial charge in [0.05, 0.1) is 32.0 Å². The van der Waals surface area contributed by atoms with Crippen LogP contribution in [0.1, 0.15) is 219 Å². The molecule has 0 saturated carbocycles. The van der Waals surface area contributed by atoms with Crippen LogP contribution < -0.4 is 5.32 Å². The smallest absolute Gasteiger partial charge is 0.305 e. The fourth-order valence-corrected chi connectivity index (χ4v) is 7.87. The average Bonchev–Trinajstić information content (AvgIpc) is 3.30. The first-order valence-corrected chi connectivity index (χ1v) is 26.4. The Morgan fingerprint density at radius 1 is 0.554 bits per heavy atom. The highest BCUT2D eigenvalue weighted by Crippen LogP contribution is 2.22. The number of carbonyl (C=O) groups excluding carboxylic acids is 2. The van der Waals surface area contributed by atoms with E-state index >= 15 is 0 Å². The van der Waals surface area contributed by atoms with E-state index in [2.05, 4.69) is 55.6 Å². The molecule has 1 heterocycles. The lowest BCUT2D eigenvalue weighted by Gasteiger charge is -2.40. The van der Waals surface area contributed by atoms with Gasteiger partial charge in [0.15, 0.2) is 6.29 Å². The lowest BCUT2D eigenvalue weighted by Crippen LogP contribution is -2.60. The molecule has 11 nitrogen and oxygen atoms in total. The van der Waals surface area contributed by atoms with Gasteiger partial charge in [-0.2, -0.15) is 0 Å². The second-order valence-electron chi connectivity index (χ2n) is 18.2. The first kappa shape index (κ1) is 60.6. The van der Waals surface area contributed by atoms with Crippen LogP contribution in [0, 0.1) is 0 Å². The summed E-state index contributed by atoms with van der Waals surface area (Å²) in [6.07, 6.45) is 43.2. The Balaban J connectivity index is 2.26. The Labute approximate surface area is 396 Å². The Morgan fingerprint density at radius 2 is 1.00 bits per heavy atom. The summed E-state index contributed by atoms with van der Waals surface area (Å²) in [6.45, 7) is 4.20. The molecule has 0 aliphatic carbocycles. The molecule has 0 aromatic heterocycles. The van der Waals surface area contributed by atoms with Gasteiger partial charge in [-0.1, -0.05) is 165 Å². The second-order valence-corrected chi connectivity index (χ2v) is 18.2. The van der Waals surface area contributed by atoms with E-state index in [4.69, 9.17) is 14.2 Å². The van der Waals surface area contributed by atoms with Gasteiger partial charge in [0, 0.05) is 12.8 Å². The Hall–Kier alpha value is -2.38. The number of amides is 1. The van der Waals surface area contributed by atoms with E-state index in [-0.39, 0.29) is 18.5 Å². The van der Waals surface area contributed by atoms with Crippen LogP contribution in [0.4, 0.5) is 0 Å². The van der Waals surface area contributed by atoms with Crippen molar-refractivity contribution in [3.8, 4) is 0 Å². The number of rotatable bonds is 44. The number of aliphatic hydroxyl groups excluding tert-OH is 5. The van der Waals surface area contributed by atoms with Gasteiger partial charge in [-0.05, 0) is 89.9 Å². The molecule has 0 bridgehead atoms. The summed E-state index contributed by atoms with van der Waals surface area (Å²) in [5.74, 6) is -0.273. The van der Waals surface area contributed by atoms with E-state index in [1.807, 2.05) is 6.08 Å². The molecular weight excluding hydrogens is 823 g/mol. The molecule has 1 fully saturated rings. The number of unbranched alkanes of at least 4 members (excludes halogenated alkanes) is 24. The van der Waals surface area contributed by atoms with E-state index < -0.39 is 49.5 Å². The second kappa shape index (κ2) is 44.1. The molecule has 1 aliphatic heterocycles. The number of hydrogen-bond donors (Lipinski definition) is 6. The highest BCUT2D eigenvalue weighted by Gasteiger charge is 2.44. The minimum absolute atomic E-state index is 0.0498. The monoisotopic (exact) mass is 920 g/mol. The molecule has 1 rings (SSSR count). The third-order valence-electron chi connectivity index (χ3n) is 12.1. The predicted molar refractivity (Wildman–Crippen MR) is 264 cm³/mol. The molecule has 0 spiro atoms. The van der Waals surface area contributed by atoms with Crippen LogP contribution in [-0.4, -0.2) is 100 Å². The number of esters is 1. The van der Waals surface area contributed by atoms with Crippen molar-refractivity contribution in [2.45, 2.75) is 262 Å². The standard InChI is InChI=1S/C54H97NO10/c1-3-5-7-9-11-13-15-16-17-21-24-28-32-36-40-47(57)46(45-64-54-53(62)52(61)51(60)48(44-56)65-54)55-49(58)41-37-33-29-25-22-18-19-23-27-31-35-39-43-63-50(59)42-38-34-30-26-20-14-12-10-8-6-4-2/h13,15,19,21,23-24,36,40,46-48,51-54,56-57,60-62H,3-12,14,16-18,20,22,25-35,37-39,41-45H2,1-2H3,(H,55,58)/b15-13+,23-19-,24-21+,40-36+. The summed E-state index contributed by atoms with van der Waals surface area (Å²) in [5.41, 5.74) is 0. The van der Waals surface area contributed by atoms with Crippen LogP contribution in [0.15, 0.2) is 48.6 Å². The summed E-state index contributed by atoms with van der Waals surface area (Å²) in [7, 11) is 0. The van der Waals surface area contributed by atoms with E-state index in [0.717, 1.165) is 96.3 Å². The van der Waals surface area contributed by atoms with Crippen LogP contribution >= 0.6 is 0 Å². The van der Waals surface area contributed by atoms with Gasteiger partial charge in [-0.15, -0.1) is 0 Å². The highest BCUT2D eigenvalue weighted by molar-refractivity contribution is 5.76. The van der Waals surface area contributed by atoms with Gasteiger partial charge in [0.25, 0.3) is 0 Å². The van der Waals surface area contributed by atoms with Crippen molar-refractivity contribution in [1.29, 1.82) is 0 Å². The summed E-state index contributed by atoms with van der Waals surface area (Å²) < 4.78 is 16.6. The van der Waals surface area contributed by atoms with Crippen molar-refractivity contribution < 1.29 is 49.3 Å². The normalized spacial score (nSPS) is 20.1. The van der Waals surface area contributed by atoms with Gasteiger partial charge in [-0.3, -0.25) is 9.59 Å². The Bertz CT molecular complexity index is 1220. The first-order valence-electron chi connectivity index (χ1n) is 26.4. The van der Waals surface area contributed by atoms with Gasteiger partial charge < -0.3 is 45.1 Å². The van der Waals surface area contributed by atoms with Crippen molar-refractivity contribution in [3.05, 3.63) is 48.6 Å². The van der Waals surface area contributed by atoms with Gasteiger partial charge in [0.1, 0.15) is 24.4 Å². The number of nitrogens with one attached hydrogen (secondary N) is 1.